The smallest absolute Gasteiger partial charge is 0.240 e. The highest BCUT2D eigenvalue weighted by atomic mass is 16.5. The second-order valence-corrected chi connectivity index (χ2v) is 5.19. The van der Waals surface area contributed by atoms with E-state index >= 15 is 0 Å². The topological polar surface area (TPSA) is 73.6 Å². The number of rotatable bonds is 4. The van der Waals surface area contributed by atoms with E-state index in [1.165, 1.54) is 0 Å². The van der Waals surface area contributed by atoms with Gasteiger partial charge in [-0.15, -0.1) is 0 Å². The molecule has 3 N–H and O–H groups in total. The molecule has 1 atom stereocenters. The van der Waals surface area contributed by atoms with Gasteiger partial charge in [0.05, 0.1) is 19.3 Å². The lowest BCUT2D eigenvalue weighted by Gasteiger charge is -2.24. The number of aryl methyl sites for hydroxylation is 1. The van der Waals surface area contributed by atoms with Gasteiger partial charge in [0, 0.05) is 18.5 Å². The second kappa shape index (κ2) is 6.72. The standard InChI is InChI=1S/C15H22N2O3/c1-10-9-12(17-15(18)11(2)16)3-4-14(10)20-13-5-7-19-8-6-13/h3-4,9,11,13H,5-8,16H2,1-2H3,(H,17,18)/t11-/m0/s1. The van der Waals surface area contributed by atoms with E-state index in [1.54, 1.807) is 6.92 Å². The molecule has 0 bridgehead atoms. The van der Waals surface area contributed by atoms with Crippen LogP contribution >= 0.6 is 0 Å². The van der Waals surface area contributed by atoms with Crippen LogP contribution in [0.4, 0.5) is 5.69 Å². The molecule has 1 saturated heterocycles. The Labute approximate surface area is 119 Å². The number of carbonyl (C=O) groups excluding carboxylic acids is 1. The third-order valence-corrected chi connectivity index (χ3v) is 3.32. The van der Waals surface area contributed by atoms with Crippen molar-refractivity contribution in [2.45, 2.75) is 38.8 Å². The quantitative estimate of drug-likeness (QED) is 0.881. The highest BCUT2D eigenvalue weighted by molar-refractivity contribution is 5.94. The largest absolute Gasteiger partial charge is 0.490 e. The zero-order valence-electron chi connectivity index (χ0n) is 12.0. The molecule has 110 valence electrons. The van der Waals surface area contributed by atoms with E-state index in [-0.39, 0.29) is 12.0 Å². The van der Waals surface area contributed by atoms with Crippen LogP contribution in [0, 0.1) is 6.92 Å². The van der Waals surface area contributed by atoms with Crippen LogP contribution < -0.4 is 15.8 Å². The summed E-state index contributed by atoms with van der Waals surface area (Å²) in [5.74, 6) is 0.665. The number of amides is 1. The Morgan fingerprint density at radius 2 is 2.15 bits per heavy atom. The average Bonchev–Trinajstić information content (AvgIpc) is 2.43. The Bertz CT molecular complexity index is 468. The van der Waals surface area contributed by atoms with E-state index in [4.69, 9.17) is 15.2 Å². The molecular weight excluding hydrogens is 256 g/mol. The lowest BCUT2D eigenvalue weighted by atomic mass is 10.1. The van der Waals surface area contributed by atoms with Gasteiger partial charge in [0.1, 0.15) is 11.9 Å². The molecular formula is C15H22N2O3. The van der Waals surface area contributed by atoms with Crippen molar-refractivity contribution in [1.82, 2.24) is 0 Å². The van der Waals surface area contributed by atoms with Gasteiger partial charge in [0.25, 0.3) is 0 Å². The molecule has 1 amide bonds. The molecule has 0 saturated carbocycles. The molecule has 0 aromatic heterocycles. The van der Waals surface area contributed by atoms with Gasteiger partial charge >= 0.3 is 0 Å². The van der Waals surface area contributed by atoms with E-state index in [1.807, 2.05) is 25.1 Å². The van der Waals surface area contributed by atoms with E-state index < -0.39 is 6.04 Å². The first-order chi connectivity index (χ1) is 9.56. The van der Waals surface area contributed by atoms with Gasteiger partial charge in [0.15, 0.2) is 0 Å². The first kappa shape index (κ1) is 14.8. The summed E-state index contributed by atoms with van der Waals surface area (Å²) in [6.45, 7) is 5.14. The fourth-order valence-corrected chi connectivity index (χ4v) is 2.09. The Hall–Kier alpha value is -1.59. The number of anilines is 1. The number of benzene rings is 1. The van der Waals surface area contributed by atoms with Gasteiger partial charge in [0.2, 0.25) is 5.91 Å². The van der Waals surface area contributed by atoms with Crippen molar-refractivity contribution in [2.24, 2.45) is 5.73 Å². The third kappa shape index (κ3) is 3.95. The molecule has 0 radical (unpaired) electrons. The molecule has 1 aromatic carbocycles. The van der Waals surface area contributed by atoms with Crippen molar-refractivity contribution in [2.75, 3.05) is 18.5 Å². The first-order valence-corrected chi connectivity index (χ1v) is 6.98. The summed E-state index contributed by atoms with van der Waals surface area (Å²) >= 11 is 0. The van der Waals surface area contributed by atoms with E-state index in [9.17, 15) is 4.79 Å². The molecule has 5 heteroatoms. The number of hydrogen-bond donors (Lipinski definition) is 2. The first-order valence-electron chi connectivity index (χ1n) is 6.98. The maximum atomic E-state index is 11.5. The van der Waals surface area contributed by atoms with Gasteiger partial charge in [-0.3, -0.25) is 4.79 Å². The van der Waals surface area contributed by atoms with Gasteiger partial charge in [-0.1, -0.05) is 0 Å². The molecule has 1 heterocycles. The van der Waals surface area contributed by atoms with Gasteiger partial charge in [-0.2, -0.15) is 0 Å². The van der Waals surface area contributed by atoms with Crippen LogP contribution in [-0.2, 0) is 9.53 Å². The number of nitrogens with one attached hydrogen (secondary N) is 1. The summed E-state index contributed by atoms with van der Waals surface area (Å²) in [5.41, 5.74) is 7.27. The predicted octanol–water partition coefficient (Wildman–Crippen LogP) is 1.84. The summed E-state index contributed by atoms with van der Waals surface area (Å²) in [5, 5.41) is 2.77. The summed E-state index contributed by atoms with van der Waals surface area (Å²) < 4.78 is 11.3. The van der Waals surface area contributed by atoms with E-state index in [2.05, 4.69) is 5.32 Å². The van der Waals surface area contributed by atoms with Gasteiger partial charge in [-0.05, 0) is 37.6 Å². The van der Waals surface area contributed by atoms with Gasteiger partial charge in [-0.25, -0.2) is 0 Å². The number of ether oxygens (including phenoxy) is 2. The zero-order valence-corrected chi connectivity index (χ0v) is 12.0. The Morgan fingerprint density at radius 1 is 1.45 bits per heavy atom. The summed E-state index contributed by atoms with van der Waals surface area (Å²) in [4.78, 5) is 11.5. The lowest BCUT2D eigenvalue weighted by molar-refractivity contribution is -0.117. The van der Waals surface area contributed by atoms with E-state index in [0.717, 1.165) is 43.1 Å². The van der Waals surface area contributed by atoms with Crippen LogP contribution in [-0.4, -0.2) is 31.3 Å². The molecule has 0 spiro atoms. The SMILES string of the molecule is Cc1cc(NC(=O)[C@H](C)N)ccc1OC1CCOCC1. The number of carbonyl (C=O) groups is 1. The van der Waals surface area contributed by atoms with Crippen molar-refractivity contribution in [3.05, 3.63) is 23.8 Å². The second-order valence-electron chi connectivity index (χ2n) is 5.19. The maximum Gasteiger partial charge on any atom is 0.240 e. The molecule has 20 heavy (non-hydrogen) atoms. The van der Waals surface area contributed by atoms with Crippen molar-refractivity contribution in [3.63, 3.8) is 0 Å². The minimum atomic E-state index is -0.520. The molecule has 1 aliphatic heterocycles. The molecule has 2 rings (SSSR count). The fourth-order valence-electron chi connectivity index (χ4n) is 2.09. The summed E-state index contributed by atoms with van der Waals surface area (Å²) in [7, 11) is 0. The van der Waals surface area contributed by atoms with Crippen LogP contribution in [0.2, 0.25) is 0 Å². The number of nitrogens with two attached hydrogens (primary N) is 1. The van der Waals surface area contributed by atoms with E-state index in [0.29, 0.717) is 0 Å². The molecule has 5 nitrogen and oxygen atoms in total. The lowest BCUT2D eigenvalue weighted by Crippen LogP contribution is -2.32. The summed E-state index contributed by atoms with van der Waals surface area (Å²) in [6, 6.07) is 5.10. The molecule has 1 aliphatic rings. The van der Waals surface area contributed by atoms with Crippen LogP contribution in [0.1, 0.15) is 25.3 Å². The van der Waals surface area contributed by atoms with Crippen molar-refractivity contribution >= 4 is 11.6 Å². The number of hydrogen-bond acceptors (Lipinski definition) is 4. The maximum absolute atomic E-state index is 11.5. The molecule has 1 aromatic rings. The minimum absolute atomic E-state index is 0.192. The highest BCUT2D eigenvalue weighted by Gasteiger charge is 2.16. The predicted molar refractivity (Wildman–Crippen MR) is 77.9 cm³/mol. The molecule has 0 unspecified atom stereocenters. The van der Waals surface area contributed by atoms with Gasteiger partial charge < -0.3 is 20.5 Å². The molecule has 1 fully saturated rings. The van der Waals surface area contributed by atoms with Crippen LogP contribution in [0.5, 0.6) is 5.75 Å². The Morgan fingerprint density at radius 3 is 2.75 bits per heavy atom. The average molecular weight is 278 g/mol. The zero-order chi connectivity index (χ0) is 14.5. The Balaban J connectivity index is 2.00. The van der Waals surface area contributed by atoms with Crippen LogP contribution in [0.15, 0.2) is 18.2 Å². The van der Waals surface area contributed by atoms with Crippen molar-refractivity contribution < 1.29 is 14.3 Å². The normalized spacial score (nSPS) is 17.6. The van der Waals surface area contributed by atoms with Crippen molar-refractivity contribution in [1.29, 1.82) is 0 Å². The fraction of sp³-hybridized carbons (Fsp3) is 0.533. The van der Waals surface area contributed by atoms with Crippen LogP contribution in [0.25, 0.3) is 0 Å². The van der Waals surface area contributed by atoms with Crippen LogP contribution in [0.3, 0.4) is 0 Å². The Kier molecular flexibility index (Phi) is 4.98. The third-order valence-electron chi connectivity index (χ3n) is 3.32. The summed E-state index contributed by atoms with van der Waals surface area (Å²) in [6.07, 6.45) is 2.05. The highest BCUT2D eigenvalue weighted by Crippen LogP contribution is 2.25. The monoisotopic (exact) mass is 278 g/mol. The molecule has 0 aliphatic carbocycles. The van der Waals surface area contributed by atoms with Crippen molar-refractivity contribution in [3.8, 4) is 5.75 Å². The minimum Gasteiger partial charge on any atom is -0.490 e.